The zero-order valence-electron chi connectivity index (χ0n) is 7.67. The molecule has 0 fully saturated rings. The molecule has 0 unspecified atom stereocenters. The highest BCUT2D eigenvalue weighted by Crippen LogP contribution is 1.86. The summed E-state index contributed by atoms with van der Waals surface area (Å²) in [6, 6.07) is 2.10. The van der Waals surface area contributed by atoms with Gasteiger partial charge in [0, 0.05) is 13.0 Å². The van der Waals surface area contributed by atoms with E-state index in [2.05, 4.69) is 35.4 Å². The first-order valence-corrected chi connectivity index (χ1v) is 4.47. The van der Waals surface area contributed by atoms with E-state index < -0.39 is 0 Å². The van der Waals surface area contributed by atoms with Gasteiger partial charge in [0.2, 0.25) is 0 Å². The molecule has 0 atom stereocenters. The molecule has 0 saturated heterocycles. The van der Waals surface area contributed by atoms with E-state index in [1.165, 1.54) is 10.6 Å². The Labute approximate surface area is 74.6 Å². The number of aromatic amines is 1. The number of H-pyrrole nitrogens is 1. The van der Waals surface area contributed by atoms with Crippen LogP contribution in [0, 0.1) is 0 Å². The van der Waals surface area contributed by atoms with E-state index in [4.69, 9.17) is 0 Å². The highest BCUT2D eigenvalue weighted by Gasteiger charge is 1.85. The van der Waals surface area contributed by atoms with Gasteiger partial charge in [0.15, 0.2) is 0 Å². The summed E-state index contributed by atoms with van der Waals surface area (Å²) in [6.45, 7) is 4.00. The Morgan fingerprint density at radius 3 is 3.08 bits per heavy atom. The fraction of sp³-hybridized carbons (Fsp3) is 0.273. The molecule has 1 heterocycles. The normalized spacial score (nSPS) is 12.8. The number of aromatic nitrogens is 1. The van der Waals surface area contributed by atoms with Gasteiger partial charge in [0.1, 0.15) is 0 Å². The van der Waals surface area contributed by atoms with Gasteiger partial charge in [0.05, 0.1) is 0 Å². The lowest BCUT2D eigenvalue weighted by molar-refractivity contribution is 1.32. The Balaban J connectivity index is 0.000000451. The molecule has 0 spiro atoms. The zero-order valence-corrected chi connectivity index (χ0v) is 7.67. The summed E-state index contributed by atoms with van der Waals surface area (Å²) < 4.78 is 0. The number of nitrogens with one attached hydrogen (secondary N) is 1. The average molecular weight is 163 g/mol. The van der Waals surface area contributed by atoms with Crippen LogP contribution in [-0.2, 0) is 0 Å². The van der Waals surface area contributed by atoms with Crippen LogP contribution >= 0.6 is 0 Å². The van der Waals surface area contributed by atoms with Crippen LogP contribution in [0.4, 0.5) is 0 Å². The molecule has 0 aromatic carbocycles. The second-order valence-electron chi connectivity index (χ2n) is 2.38. The van der Waals surface area contributed by atoms with Gasteiger partial charge in [-0.15, -0.1) is 0 Å². The van der Waals surface area contributed by atoms with E-state index in [9.17, 15) is 0 Å². The Hall–Kier alpha value is -1.24. The zero-order chi connectivity index (χ0) is 8.81. The second kappa shape index (κ2) is 4.60. The van der Waals surface area contributed by atoms with Gasteiger partial charge in [-0.2, -0.15) is 0 Å². The van der Waals surface area contributed by atoms with Gasteiger partial charge in [-0.3, -0.25) is 0 Å². The molecular formula is C11H17N. The van der Waals surface area contributed by atoms with E-state index in [-0.39, 0.29) is 1.43 Å². The topological polar surface area (TPSA) is 15.8 Å². The summed E-state index contributed by atoms with van der Waals surface area (Å²) in [4.78, 5) is 3.16. The molecule has 12 heavy (non-hydrogen) atoms. The lowest BCUT2D eigenvalue weighted by Gasteiger charge is -1.73. The quantitative estimate of drug-likeness (QED) is 0.600. The highest BCUT2D eigenvalue weighted by atomic mass is 14.6. The Morgan fingerprint density at radius 2 is 2.25 bits per heavy atom. The molecule has 1 aliphatic carbocycles. The molecule has 0 saturated carbocycles. The Kier molecular flexibility index (Phi) is 3.39. The van der Waals surface area contributed by atoms with Gasteiger partial charge < -0.3 is 4.98 Å². The third kappa shape index (κ3) is 1.88. The molecule has 0 aliphatic heterocycles. The first-order valence-electron chi connectivity index (χ1n) is 4.47. The number of hydrogen-bond donors (Lipinski definition) is 1. The first-order chi connectivity index (χ1) is 5.97. The molecule has 2 rings (SSSR count). The monoisotopic (exact) mass is 163 g/mol. The van der Waals surface area contributed by atoms with Gasteiger partial charge in [-0.05, 0) is 23.8 Å². The third-order valence-electron chi connectivity index (χ3n) is 1.69. The second-order valence-corrected chi connectivity index (χ2v) is 2.38. The Bertz CT molecular complexity index is 360. The van der Waals surface area contributed by atoms with Crippen LogP contribution in [0.25, 0.3) is 12.2 Å². The number of rotatable bonds is 0. The van der Waals surface area contributed by atoms with E-state index in [1.54, 1.807) is 0 Å². The molecule has 0 amide bonds. The van der Waals surface area contributed by atoms with E-state index >= 15 is 0 Å². The molecule has 1 aliphatic rings. The molecule has 1 N–H and O–H groups in total. The summed E-state index contributed by atoms with van der Waals surface area (Å²) >= 11 is 0. The van der Waals surface area contributed by atoms with Crippen molar-refractivity contribution in [2.75, 3.05) is 0 Å². The maximum absolute atomic E-state index is 3.16. The van der Waals surface area contributed by atoms with Crippen molar-refractivity contribution in [1.82, 2.24) is 4.98 Å². The summed E-state index contributed by atoms with van der Waals surface area (Å²) in [5.41, 5.74) is 0. The van der Waals surface area contributed by atoms with Crippen molar-refractivity contribution in [3.63, 3.8) is 0 Å². The SMILES string of the molecule is C1=CCC=c2cc[nH]c2=C1.CC.[HH]. The van der Waals surface area contributed by atoms with Gasteiger partial charge in [-0.1, -0.05) is 32.1 Å². The maximum atomic E-state index is 3.16. The predicted octanol–water partition coefficient (Wildman–Crippen LogP) is 1.81. The molecular weight excluding hydrogens is 146 g/mol. The van der Waals surface area contributed by atoms with Crippen molar-refractivity contribution < 1.29 is 1.43 Å². The summed E-state index contributed by atoms with van der Waals surface area (Å²) in [5.74, 6) is 0. The molecule has 0 radical (unpaired) electrons. The molecule has 66 valence electrons. The fourth-order valence-corrected chi connectivity index (χ4v) is 1.15. The molecule has 0 bridgehead atoms. The van der Waals surface area contributed by atoms with Crippen LogP contribution in [-0.4, -0.2) is 4.98 Å². The summed E-state index contributed by atoms with van der Waals surface area (Å²) in [6.07, 6.45) is 11.6. The first kappa shape index (κ1) is 8.85. The largest absolute Gasteiger partial charge is 0.361 e. The van der Waals surface area contributed by atoms with Crippen LogP contribution in [0.2, 0.25) is 0 Å². The minimum atomic E-state index is 0. The maximum Gasteiger partial charge on any atom is 0.0450 e. The van der Waals surface area contributed by atoms with Gasteiger partial charge in [0.25, 0.3) is 0 Å². The minimum Gasteiger partial charge on any atom is -0.361 e. The predicted molar refractivity (Wildman–Crippen MR) is 56.2 cm³/mol. The Morgan fingerprint density at radius 1 is 1.42 bits per heavy atom. The van der Waals surface area contributed by atoms with Crippen molar-refractivity contribution in [3.05, 3.63) is 35.0 Å². The standard InChI is InChI=1S/C9H9N.C2H6.H2/c1-2-4-8-6-7-10-9(8)5-3-1;1-2;/h1,3-7,10H,2H2;1-2H3;1H. The lowest BCUT2D eigenvalue weighted by atomic mass is 10.3. The van der Waals surface area contributed by atoms with Crippen molar-refractivity contribution in [2.45, 2.75) is 20.3 Å². The van der Waals surface area contributed by atoms with Crippen LogP contribution in [0.1, 0.15) is 21.7 Å². The third-order valence-corrected chi connectivity index (χ3v) is 1.69. The van der Waals surface area contributed by atoms with Crippen LogP contribution in [0.15, 0.2) is 24.4 Å². The summed E-state index contributed by atoms with van der Waals surface area (Å²) in [7, 11) is 0. The van der Waals surface area contributed by atoms with Crippen LogP contribution in [0.3, 0.4) is 0 Å². The van der Waals surface area contributed by atoms with E-state index in [0.717, 1.165) is 6.42 Å². The van der Waals surface area contributed by atoms with E-state index in [1.807, 2.05) is 20.0 Å². The van der Waals surface area contributed by atoms with E-state index in [0.29, 0.717) is 0 Å². The molecule has 1 nitrogen and oxygen atoms in total. The molecule has 1 aromatic heterocycles. The highest BCUT2D eigenvalue weighted by molar-refractivity contribution is 5.42. The van der Waals surface area contributed by atoms with Crippen molar-refractivity contribution in [1.29, 1.82) is 0 Å². The van der Waals surface area contributed by atoms with Crippen molar-refractivity contribution in [3.8, 4) is 0 Å². The number of allylic oxidation sites excluding steroid dienone is 2. The van der Waals surface area contributed by atoms with Crippen LogP contribution < -0.4 is 10.6 Å². The minimum absolute atomic E-state index is 0. The number of fused-ring (bicyclic) bond motifs is 1. The van der Waals surface area contributed by atoms with Gasteiger partial charge >= 0.3 is 0 Å². The number of hydrogen-bond acceptors (Lipinski definition) is 0. The summed E-state index contributed by atoms with van der Waals surface area (Å²) in [5, 5.41) is 2.53. The van der Waals surface area contributed by atoms with Gasteiger partial charge in [-0.25, -0.2) is 0 Å². The fourth-order valence-electron chi connectivity index (χ4n) is 1.15. The van der Waals surface area contributed by atoms with Crippen LogP contribution in [0.5, 0.6) is 0 Å². The molecule has 1 aromatic rings. The van der Waals surface area contributed by atoms with Crippen molar-refractivity contribution >= 4 is 12.2 Å². The van der Waals surface area contributed by atoms with Crippen molar-refractivity contribution in [2.24, 2.45) is 0 Å². The smallest absolute Gasteiger partial charge is 0.0450 e. The lowest BCUT2D eigenvalue weighted by Crippen LogP contribution is -2.20. The average Bonchev–Trinajstić information content (AvgIpc) is 2.46. The molecule has 1 heteroatoms.